The predicted molar refractivity (Wildman–Crippen MR) is 91.7 cm³/mol. The van der Waals surface area contributed by atoms with Gasteiger partial charge in [0.05, 0.1) is 10.3 Å². The van der Waals surface area contributed by atoms with Crippen LogP contribution in [0.5, 0.6) is 0 Å². The number of benzene rings is 2. The van der Waals surface area contributed by atoms with Gasteiger partial charge < -0.3 is 0 Å². The van der Waals surface area contributed by atoms with Gasteiger partial charge in [-0.05, 0) is 30.7 Å². The molecule has 1 aliphatic rings. The fourth-order valence-corrected chi connectivity index (χ4v) is 6.04. The molecule has 1 fully saturated rings. The van der Waals surface area contributed by atoms with Gasteiger partial charge in [0.25, 0.3) is 0 Å². The summed E-state index contributed by atoms with van der Waals surface area (Å²) in [4.78, 5) is 0.331. The highest BCUT2D eigenvalue weighted by atomic mass is 35.5. The van der Waals surface area contributed by atoms with Crippen molar-refractivity contribution in [2.75, 3.05) is 12.3 Å². The Morgan fingerprint density at radius 1 is 1.14 bits per heavy atom. The van der Waals surface area contributed by atoms with Crippen molar-refractivity contribution < 1.29 is 8.42 Å². The largest absolute Gasteiger partial charge is 0.244 e. The van der Waals surface area contributed by atoms with Crippen LogP contribution in [0.15, 0.2) is 53.4 Å². The van der Waals surface area contributed by atoms with Crippen LogP contribution in [-0.2, 0) is 10.0 Å². The number of hydrogen-bond donors (Lipinski definition) is 0. The summed E-state index contributed by atoms with van der Waals surface area (Å²) in [5.41, 5.74) is 1.89. The molecule has 0 radical (unpaired) electrons. The minimum atomic E-state index is -3.52. The van der Waals surface area contributed by atoms with Gasteiger partial charge >= 0.3 is 0 Å². The second-order valence-electron chi connectivity index (χ2n) is 5.17. The Morgan fingerprint density at radius 3 is 2.50 bits per heavy atom. The molecule has 0 N–H and O–H groups in total. The molecule has 0 aliphatic carbocycles. The van der Waals surface area contributed by atoms with E-state index in [0.29, 0.717) is 16.5 Å². The first-order valence-corrected chi connectivity index (χ1v) is 9.81. The van der Waals surface area contributed by atoms with Crippen LogP contribution < -0.4 is 0 Å². The molecule has 116 valence electrons. The van der Waals surface area contributed by atoms with Gasteiger partial charge in [0.15, 0.2) is 0 Å². The van der Waals surface area contributed by atoms with E-state index in [1.54, 1.807) is 34.3 Å². The van der Waals surface area contributed by atoms with Crippen molar-refractivity contribution in [2.45, 2.75) is 17.2 Å². The maximum absolute atomic E-state index is 12.9. The number of halogens is 1. The number of aryl methyl sites for hydroxylation is 1. The molecule has 1 saturated heterocycles. The summed E-state index contributed by atoms with van der Waals surface area (Å²) in [6.45, 7) is 2.44. The summed E-state index contributed by atoms with van der Waals surface area (Å²) in [7, 11) is -3.52. The predicted octanol–water partition coefficient (Wildman–Crippen LogP) is 4.08. The first kappa shape index (κ1) is 15.9. The lowest BCUT2D eigenvalue weighted by Gasteiger charge is -2.24. The van der Waals surface area contributed by atoms with E-state index >= 15 is 0 Å². The Labute approximate surface area is 140 Å². The summed E-state index contributed by atoms with van der Waals surface area (Å²) in [5, 5.41) is 0.339. The molecule has 1 unspecified atom stereocenters. The lowest BCUT2D eigenvalue weighted by molar-refractivity contribution is 0.434. The molecule has 0 amide bonds. The molecule has 6 heteroatoms. The quantitative estimate of drug-likeness (QED) is 0.834. The van der Waals surface area contributed by atoms with Gasteiger partial charge in [-0.15, -0.1) is 11.8 Å². The molecule has 0 aromatic heterocycles. The van der Waals surface area contributed by atoms with E-state index in [4.69, 9.17) is 11.6 Å². The zero-order valence-electron chi connectivity index (χ0n) is 12.1. The van der Waals surface area contributed by atoms with Crippen molar-refractivity contribution in [3.05, 3.63) is 64.7 Å². The molecule has 3 nitrogen and oxygen atoms in total. The molecule has 1 heterocycles. The molecule has 3 rings (SSSR count). The van der Waals surface area contributed by atoms with Gasteiger partial charge in [-0.1, -0.05) is 47.5 Å². The highest BCUT2D eigenvalue weighted by Gasteiger charge is 2.37. The van der Waals surface area contributed by atoms with Crippen molar-refractivity contribution >= 4 is 33.4 Å². The number of thioether (sulfide) groups is 1. The molecule has 22 heavy (non-hydrogen) atoms. The lowest BCUT2D eigenvalue weighted by atomic mass is 10.2. The minimum Gasteiger partial charge on any atom is -0.207 e. The molecule has 1 aliphatic heterocycles. The van der Waals surface area contributed by atoms with Gasteiger partial charge in [0.1, 0.15) is 0 Å². The second-order valence-corrected chi connectivity index (χ2v) is 8.66. The topological polar surface area (TPSA) is 37.4 Å². The van der Waals surface area contributed by atoms with E-state index < -0.39 is 10.0 Å². The lowest BCUT2D eigenvalue weighted by Crippen LogP contribution is -2.30. The Bertz CT molecular complexity index is 775. The number of rotatable bonds is 3. The highest BCUT2D eigenvalue weighted by molar-refractivity contribution is 8.01. The van der Waals surface area contributed by atoms with Crippen LogP contribution >= 0.6 is 23.4 Å². The van der Waals surface area contributed by atoms with E-state index in [2.05, 4.69) is 0 Å². The van der Waals surface area contributed by atoms with Crippen LogP contribution in [0.4, 0.5) is 0 Å². The third-order valence-electron chi connectivity index (χ3n) is 3.65. The molecule has 0 bridgehead atoms. The molecule has 0 spiro atoms. The van der Waals surface area contributed by atoms with Crippen molar-refractivity contribution in [1.29, 1.82) is 0 Å². The van der Waals surface area contributed by atoms with Crippen LogP contribution in [0.25, 0.3) is 0 Å². The van der Waals surface area contributed by atoms with Gasteiger partial charge in [-0.25, -0.2) is 8.42 Å². The SMILES string of the molecule is Cc1ccc(S(=O)(=O)N2CCSC2c2ccccc2Cl)cc1. The molecule has 2 aromatic rings. The summed E-state index contributed by atoms with van der Waals surface area (Å²) in [6, 6.07) is 14.4. The van der Waals surface area contributed by atoms with Gasteiger partial charge in [0, 0.05) is 17.3 Å². The Hall–Kier alpha value is -1.01. The van der Waals surface area contributed by atoms with Crippen LogP contribution in [0.2, 0.25) is 5.02 Å². The Kier molecular flexibility index (Phi) is 4.50. The van der Waals surface area contributed by atoms with E-state index in [-0.39, 0.29) is 5.37 Å². The average molecular weight is 354 g/mol. The third-order valence-corrected chi connectivity index (χ3v) is 7.25. The van der Waals surface area contributed by atoms with Gasteiger partial charge in [0.2, 0.25) is 10.0 Å². The van der Waals surface area contributed by atoms with E-state index in [9.17, 15) is 8.42 Å². The first-order valence-electron chi connectivity index (χ1n) is 6.95. The number of sulfonamides is 1. The normalized spacial score (nSPS) is 19.5. The van der Waals surface area contributed by atoms with Crippen LogP contribution in [0.1, 0.15) is 16.5 Å². The van der Waals surface area contributed by atoms with Crippen molar-refractivity contribution in [3.63, 3.8) is 0 Å². The summed E-state index contributed by atoms with van der Waals surface area (Å²) < 4.78 is 27.4. The molecule has 0 saturated carbocycles. The zero-order chi connectivity index (χ0) is 15.7. The number of hydrogen-bond acceptors (Lipinski definition) is 3. The summed E-state index contributed by atoms with van der Waals surface area (Å²) in [6.07, 6.45) is 0. The Morgan fingerprint density at radius 2 is 1.82 bits per heavy atom. The van der Waals surface area contributed by atoms with E-state index in [1.807, 2.05) is 37.3 Å². The second kappa shape index (κ2) is 6.24. The zero-order valence-corrected chi connectivity index (χ0v) is 14.5. The molecular weight excluding hydrogens is 338 g/mol. The van der Waals surface area contributed by atoms with E-state index in [1.165, 1.54) is 0 Å². The Balaban J connectivity index is 1.99. The third kappa shape index (κ3) is 2.91. The summed E-state index contributed by atoms with van der Waals surface area (Å²) in [5.74, 6) is 0.765. The monoisotopic (exact) mass is 353 g/mol. The van der Waals surface area contributed by atoms with Gasteiger partial charge in [-0.3, -0.25) is 0 Å². The fourth-order valence-electron chi connectivity index (χ4n) is 2.47. The fraction of sp³-hybridized carbons (Fsp3) is 0.250. The minimum absolute atomic E-state index is 0.264. The maximum atomic E-state index is 12.9. The van der Waals surface area contributed by atoms with Crippen LogP contribution in [0, 0.1) is 6.92 Å². The smallest absolute Gasteiger partial charge is 0.207 e. The maximum Gasteiger partial charge on any atom is 0.244 e. The number of nitrogens with zero attached hydrogens (tertiary/aromatic N) is 1. The first-order chi connectivity index (χ1) is 10.5. The van der Waals surface area contributed by atoms with Crippen molar-refractivity contribution in [2.24, 2.45) is 0 Å². The highest BCUT2D eigenvalue weighted by Crippen LogP contribution is 2.43. The van der Waals surface area contributed by atoms with Gasteiger partial charge in [-0.2, -0.15) is 4.31 Å². The summed E-state index contributed by atoms with van der Waals surface area (Å²) >= 11 is 7.86. The molecular formula is C16H16ClNO2S2. The molecule has 2 aromatic carbocycles. The van der Waals surface area contributed by atoms with E-state index in [0.717, 1.165) is 16.9 Å². The van der Waals surface area contributed by atoms with Crippen LogP contribution in [-0.4, -0.2) is 25.0 Å². The van der Waals surface area contributed by atoms with Crippen molar-refractivity contribution in [3.8, 4) is 0 Å². The van der Waals surface area contributed by atoms with Crippen molar-refractivity contribution in [1.82, 2.24) is 4.31 Å². The molecule has 1 atom stereocenters. The standard InChI is InChI=1S/C16H16ClNO2S2/c1-12-6-8-13(9-7-12)22(19,20)18-10-11-21-16(18)14-4-2-3-5-15(14)17/h2-9,16H,10-11H2,1H3. The average Bonchev–Trinajstić information content (AvgIpc) is 2.98. The van der Waals surface area contributed by atoms with Crippen LogP contribution in [0.3, 0.4) is 0 Å².